The van der Waals surface area contributed by atoms with Crippen molar-refractivity contribution in [3.8, 4) is 0 Å². The second-order valence-corrected chi connectivity index (χ2v) is 3.38. The number of carboxylic acid groups (broad SMARTS) is 1. The highest BCUT2D eigenvalue weighted by Gasteiger charge is 2.27. The van der Waals surface area contributed by atoms with E-state index in [9.17, 15) is 4.79 Å². The zero-order valence-corrected chi connectivity index (χ0v) is 7.40. The Morgan fingerprint density at radius 1 is 1.69 bits per heavy atom. The van der Waals surface area contributed by atoms with E-state index in [1.54, 1.807) is 11.7 Å². The molecule has 1 aliphatic carbocycles. The maximum atomic E-state index is 10.7. The van der Waals surface area contributed by atoms with Gasteiger partial charge in [-0.3, -0.25) is 9.48 Å². The van der Waals surface area contributed by atoms with E-state index < -0.39 is 5.97 Å². The third-order valence-electron chi connectivity index (χ3n) is 2.54. The predicted octanol–water partition coefficient (Wildman–Crippen LogP) is 0.00460. The summed E-state index contributed by atoms with van der Waals surface area (Å²) >= 11 is 0. The fraction of sp³-hybridized carbons (Fsp3) is 0.625. The van der Waals surface area contributed by atoms with Gasteiger partial charge in [-0.25, -0.2) is 0 Å². The maximum Gasteiger partial charge on any atom is 0.306 e. The average molecular weight is 181 g/mol. The summed E-state index contributed by atoms with van der Waals surface area (Å²) < 4.78 is 1.67. The van der Waals surface area contributed by atoms with Gasteiger partial charge in [0, 0.05) is 13.5 Å². The number of aliphatic carboxylic acids is 1. The number of fused-ring (bicyclic) bond motifs is 1. The summed E-state index contributed by atoms with van der Waals surface area (Å²) in [6.07, 6.45) is 1.98. The van der Waals surface area contributed by atoms with E-state index in [2.05, 4.69) is 10.3 Å². The van der Waals surface area contributed by atoms with Gasteiger partial charge in [-0.1, -0.05) is 5.21 Å². The van der Waals surface area contributed by atoms with Crippen LogP contribution in [0, 0.1) is 5.92 Å². The van der Waals surface area contributed by atoms with Crippen molar-refractivity contribution in [3.05, 3.63) is 11.4 Å². The van der Waals surface area contributed by atoms with Gasteiger partial charge >= 0.3 is 5.97 Å². The molecule has 5 nitrogen and oxygen atoms in total. The molecule has 70 valence electrons. The van der Waals surface area contributed by atoms with Crippen LogP contribution in [0.25, 0.3) is 0 Å². The van der Waals surface area contributed by atoms with Crippen LogP contribution in [0.15, 0.2) is 0 Å². The van der Waals surface area contributed by atoms with Crippen LogP contribution in [0.2, 0.25) is 0 Å². The molecule has 0 radical (unpaired) electrons. The molecule has 0 fully saturated rings. The van der Waals surface area contributed by atoms with E-state index in [-0.39, 0.29) is 5.92 Å². The molecule has 0 bridgehead atoms. The zero-order valence-electron chi connectivity index (χ0n) is 7.40. The normalized spacial score (nSPS) is 21.2. The van der Waals surface area contributed by atoms with Gasteiger partial charge in [0.15, 0.2) is 0 Å². The highest BCUT2D eigenvalue weighted by Crippen LogP contribution is 2.23. The maximum absolute atomic E-state index is 10.7. The number of carbonyl (C=O) groups is 1. The molecule has 1 aromatic heterocycles. The Bertz CT molecular complexity index is 345. The lowest BCUT2D eigenvalue weighted by Gasteiger charge is -2.17. The van der Waals surface area contributed by atoms with E-state index in [1.807, 2.05) is 0 Å². The Labute approximate surface area is 75.4 Å². The minimum absolute atomic E-state index is 0.260. The Morgan fingerprint density at radius 3 is 3.15 bits per heavy atom. The Kier molecular flexibility index (Phi) is 1.79. The fourth-order valence-electron chi connectivity index (χ4n) is 1.72. The summed E-state index contributed by atoms with van der Waals surface area (Å²) in [6, 6.07) is 0. The third-order valence-corrected chi connectivity index (χ3v) is 2.54. The standard InChI is InChI=1S/C8H11N3O2/c1-11-7-4-5(8(12)13)2-3-6(7)9-10-11/h5H,2-4H2,1H3,(H,12,13). The number of rotatable bonds is 1. The number of aromatic nitrogens is 3. The number of carboxylic acids is 1. The number of aryl methyl sites for hydroxylation is 2. The van der Waals surface area contributed by atoms with Crippen molar-refractivity contribution in [3.63, 3.8) is 0 Å². The highest BCUT2D eigenvalue weighted by molar-refractivity contribution is 5.70. The molecule has 0 aromatic carbocycles. The predicted molar refractivity (Wildman–Crippen MR) is 44.2 cm³/mol. The molecule has 0 aliphatic heterocycles. The average Bonchev–Trinajstić information content (AvgIpc) is 2.47. The highest BCUT2D eigenvalue weighted by atomic mass is 16.4. The molecule has 0 spiro atoms. The van der Waals surface area contributed by atoms with Crippen molar-refractivity contribution in [2.75, 3.05) is 0 Å². The van der Waals surface area contributed by atoms with E-state index in [4.69, 9.17) is 5.11 Å². The molecule has 1 unspecified atom stereocenters. The van der Waals surface area contributed by atoms with Gasteiger partial charge in [0.2, 0.25) is 0 Å². The van der Waals surface area contributed by atoms with Crippen LogP contribution in [-0.4, -0.2) is 26.1 Å². The van der Waals surface area contributed by atoms with Crippen LogP contribution in [0.3, 0.4) is 0 Å². The molecule has 13 heavy (non-hydrogen) atoms. The Hall–Kier alpha value is -1.39. The first-order valence-electron chi connectivity index (χ1n) is 4.28. The SMILES string of the molecule is Cn1nnc2c1CC(C(=O)O)CC2. The Morgan fingerprint density at radius 2 is 2.46 bits per heavy atom. The van der Waals surface area contributed by atoms with E-state index in [0.717, 1.165) is 17.8 Å². The summed E-state index contributed by atoms with van der Waals surface area (Å²) in [7, 11) is 1.80. The van der Waals surface area contributed by atoms with E-state index in [0.29, 0.717) is 12.8 Å². The van der Waals surface area contributed by atoms with Crippen LogP contribution in [-0.2, 0) is 24.7 Å². The van der Waals surface area contributed by atoms with Crippen molar-refractivity contribution in [2.24, 2.45) is 13.0 Å². The van der Waals surface area contributed by atoms with Crippen LogP contribution >= 0.6 is 0 Å². The molecule has 0 saturated carbocycles. The lowest BCUT2D eigenvalue weighted by molar-refractivity contribution is -0.142. The molecule has 0 amide bonds. The number of hydrogen-bond donors (Lipinski definition) is 1. The lowest BCUT2D eigenvalue weighted by atomic mass is 9.90. The fourth-order valence-corrected chi connectivity index (χ4v) is 1.72. The van der Waals surface area contributed by atoms with Gasteiger partial charge in [0.05, 0.1) is 17.3 Å². The molecular weight excluding hydrogens is 170 g/mol. The van der Waals surface area contributed by atoms with Crippen LogP contribution in [0.5, 0.6) is 0 Å². The zero-order chi connectivity index (χ0) is 9.42. The van der Waals surface area contributed by atoms with E-state index in [1.165, 1.54) is 0 Å². The molecule has 5 heteroatoms. The summed E-state index contributed by atoms with van der Waals surface area (Å²) in [6.45, 7) is 0. The smallest absolute Gasteiger partial charge is 0.306 e. The first-order chi connectivity index (χ1) is 6.18. The second kappa shape index (κ2) is 2.83. The van der Waals surface area contributed by atoms with Crippen molar-refractivity contribution >= 4 is 5.97 Å². The molecule has 1 N–H and O–H groups in total. The van der Waals surface area contributed by atoms with Crippen LogP contribution in [0.4, 0.5) is 0 Å². The molecular formula is C8H11N3O2. The monoisotopic (exact) mass is 181 g/mol. The largest absolute Gasteiger partial charge is 0.481 e. The third kappa shape index (κ3) is 1.30. The topological polar surface area (TPSA) is 68.0 Å². The summed E-state index contributed by atoms with van der Waals surface area (Å²) in [5.41, 5.74) is 1.93. The van der Waals surface area contributed by atoms with Crippen molar-refractivity contribution in [1.82, 2.24) is 15.0 Å². The first kappa shape index (κ1) is 8.22. The minimum Gasteiger partial charge on any atom is -0.481 e. The lowest BCUT2D eigenvalue weighted by Crippen LogP contribution is -2.23. The summed E-state index contributed by atoms with van der Waals surface area (Å²) in [5, 5.41) is 16.7. The van der Waals surface area contributed by atoms with Crippen molar-refractivity contribution in [1.29, 1.82) is 0 Å². The number of nitrogens with zero attached hydrogens (tertiary/aromatic N) is 3. The quantitative estimate of drug-likeness (QED) is 0.662. The second-order valence-electron chi connectivity index (χ2n) is 3.38. The summed E-state index contributed by atoms with van der Waals surface area (Å²) in [5.74, 6) is -0.975. The molecule has 1 heterocycles. The van der Waals surface area contributed by atoms with Gasteiger partial charge in [0.1, 0.15) is 0 Å². The number of hydrogen-bond acceptors (Lipinski definition) is 3. The van der Waals surface area contributed by atoms with Gasteiger partial charge in [0.25, 0.3) is 0 Å². The first-order valence-corrected chi connectivity index (χ1v) is 4.28. The van der Waals surface area contributed by atoms with Gasteiger partial charge in [-0.05, 0) is 12.8 Å². The molecule has 0 saturated heterocycles. The summed E-state index contributed by atoms with van der Waals surface area (Å²) in [4.78, 5) is 10.7. The molecule has 1 aromatic rings. The molecule has 2 rings (SSSR count). The minimum atomic E-state index is -0.716. The van der Waals surface area contributed by atoms with Crippen LogP contribution in [0.1, 0.15) is 17.8 Å². The van der Waals surface area contributed by atoms with E-state index >= 15 is 0 Å². The Balaban J connectivity index is 2.27. The van der Waals surface area contributed by atoms with Gasteiger partial charge < -0.3 is 5.11 Å². The van der Waals surface area contributed by atoms with Gasteiger partial charge in [-0.2, -0.15) is 0 Å². The van der Waals surface area contributed by atoms with Crippen LogP contribution < -0.4 is 0 Å². The van der Waals surface area contributed by atoms with Crippen molar-refractivity contribution in [2.45, 2.75) is 19.3 Å². The molecule has 1 aliphatic rings. The van der Waals surface area contributed by atoms with Gasteiger partial charge in [-0.15, -0.1) is 5.10 Å². The van der Waals surface area contributed by atoms with Crippen molar-refractivity contribution < 1.29 is 9.90 Å². The molecule has 1 atom stereocenters.